The zero-order valence-corrected chi connectivity index (χ0v) is 10.5. The van der Waals surface area contributed by atoms with Gasteiger partial charge >= 0.3 is 5.97 Å². The Labute approximate surface area is 107 Å². The maximum atomic E-state index is 12.0. The molecule has 0 aromatic rings. The van der Waals surface area contributed by atoms with Crippen LogP contribution in [0.25, 0.3) is 0 Å². The number of ether oxygens (including phenoxy) is 3. The van der Waals surface area contributed by atoms with Crippen LogP contribution in [0, 0.1) is 11.8 Å². The molecule has 18 heavy (non-hydrogen) atoms. The van der Waals surface area contributed by atoms with E-state index in [4.69, 9.17) is 14.2 Å². The summed E-state index contributed by atoms with van der Waals surface area (Å²) in [5, 5.41) is 0. The highest BCUT2D eigenvalue weighted by Gasteiger charge is 2.47. The van der Waals surface area contributed by atoms with E-state index in [2.05, 4.69) is 0 Å². The fraction of sp³-hybridized carbons (Fsp3) is 0.929. The Morgan fingerprint density at radius 2 is 1.67 bits per heavy atom. The second-order valence-electron chi connectivity index (χ2n) is 6.25. The van der Waals surface area contributed by atoms with E-state index in [1.54, 1.807) is 0 Å². The highest BCUT2D eigenvalue weighted by Crippen LogP contribution is 2.41. The lowest BCUT2D eigenvalue weighted by atomic mass is 9.89. The van der Waals surface area contributed by atoms with Gasteiger partial charge in [0.25, 0.3) is 0 Å². The summed E-state index contributed by atoms with van der Waals surface area (Å²) < 4.78 is 16.4. The molecule has 6 atom stereocenters. The minimum atomic E-state index is 0.00258. The molecule has 4 heteroatoms. The van der Waals surface area contributed by atoms with Gasteiger partial charge < -0.3 is 14.2 Å². The molecule has 4 nitrogen and oxygen atoms in total. The van der Waals surface area contributed by atoms with Gasteiger partial charge in [0.1, 0.15) is 0 Å². The van der Waals surface area contributed by atoms with Crippen LogP contribution in [0.2, 0.25) is 0 Å². The molecular formula is C14H20O4. The van der Waals surface area contributed by atoms with E-state index in [-0.39, 0.29) is 11.9 Å². The third kappa shape index (κ3) is 2.16. The Hall–Kier alpha value is -0.610. The van der Waals surface area contributed by atoms with Crippen molar-refractivity contribution in [2.75, 3.05) is 6.61 Å². The number of epoxide rings is 2. The van der Waals surface area contributed by atoms with Crippen molar-refractivity contribution in [3.05, 3.63) is 0 Å². The fourth-order valence-electron chi connectivity index (χ4n) is 3.57. The molecule has 0 bridgehead atoms. The number of esters is 1. The Morgan fingerprint density at radius 1 is 0.944 bits per heavy atom. The molecule has 2 aliphatic heterocycles. The van der Waals surface area contributed by atoms with Crippen molar-refractivity contribution in [3.8, 4) is 0 Å². The Morgan fingerprint density at radius 3 is 2.39 bits per heavy atom. The van der Waals surface area contributed by atoms with Crippen LogP contribution < -0.4 is 0 Å². The lowest BCUT2D eigenvalue weighted by Gasteiger charge is -2.21. The molecule has 2 saturated heterocycles. The topological polar surface area (TPSA) is 51.4 Å². The molecule has 4 fully saturated rings. The monoisotopic (exact) mass is 252 g/mol. The minimum absolute atomic E-state index is 0.00258. The van der Waals surface area contributed by atoms with Crippen molar-refractivity contribution in [1.29, 1.82) is 0 Å². The summed E-state index contributed by atoms with van der Waals surface area (Å²) in [5.41, 5.74) is 0. The molecule has 4 aliphatic rings. The molecule has 0 aromatic carbocycles. The number of carbonyl (C=O) groups excluding carboxylic acids is 1. The van der Waals surface area contributed by atoms with Crippen molar-refractivity contribution in [2.24, 2.45) is 11.8 Å². The maximum Gasteiger partial charge on any atom is 0.309 e. The molecule has 5 unspecified atom stereocenters. The molecule has 2 aliphatic carbocycles. The summed E-state index contributed by atoms with van der Waals surface area (Å²) >= 11 is 0. The molecule has 0 amide bonds. The molecule has 4 rings (SSSR count). The summed E-state index contributed by atoms with van der Waals surface area (Å²) in [6.45, 7) is 0.594. The van der Waals surface area contributed by atoms with Gasteiger partial charge in [0, 0.05) is 0 Å². The first-order valence-electron chi connectivity index (χ1n) is 7.27. The van der Waals surface area contributed by atoms with E-state index in [0.717, 1.165) is 38.5 Å². The first kappa shape index (κ1) is 11.2. The SMILES string of the molecule is O=C(OCC1CCC2O[C@H]2C1)C1CCC2OC2C1. The van der Waals surface area contributed by atoms with Gasteiger partial charge in [0.2, 0.25) is 0 Å². The average molecular weight is 252 g/mol. The van der Waals surface area contributed by atoms with Gasteiger partial charge in [-0.3, -0.25) is 4.79 Å². The van der Waals surface area contributed by atoms with Crippen LogP contribution in [-0.4, -0.2) is 37.0 Å². The number of hydrogen-bond acceptors (Lipinski definition) is 4. The third-order valence-corrected chi connectivity index (χ3v) is 4.91. The van der Waals surface area contributed by atoms with Gasteiger partial charge in [-0.25, -0.2) is 0 Å². The van der Waals surface area contributed by atoms with Crippen LogP contribution in [0.3, 0.4) is 0 Å². The lowest BCUT2D eigenvalue weighted by molar-refractivity contribution is -0.151. The quantitative estimate of drug-likeness (QED) is 0.566. The van der Waals surface area contributed by atoms with Crippen molar-refractivity contribution < 1.29 is 19.0 Å². The molecule has 2 heterocycles. The molecule has 0 N–H and O–H groups in total. The maximum absolute atomic E-state index is 12.0. The van der Waals surface area contributed by atoms with Gasteiger partial charge in [0.05, 0.1) is 36.9 Å². The van der Waals surface area contributed by atoms with E-state index in [1.807, 2.05) is 0 Å². The van der Waals surface area contributed by atoms with Crippen LogP contribution in [0.15, 0.2) is 0 Å². The zero-order chi connectivity index (χ0) is 12.1. The molecule has 0 aromatic heterocycles. The summed E-state index contributed by atoms with van der Waals surface area (Å²) in [5.74, 6) is 0.608. The van der Waals surface area contributed by atoms with Gasteiger partial charge in [-0.05, 0) is 44.4 Å². The van der Waals surface area contributed by atoms with Crippen LogP contribution in [0.5, 0.6) is 0 Å². The predicted molar refractivity (Wildman–Crippen MR) is 63.0 cm³/mol. The standard InChI is InChI=1S/C14H20O4/c15-14(9-2-4-11-13(6-9)18-11)16-7-8-1-3-10-12(5-8)17-10/h8-13H,1-7H2/t8?,9?,10?,11?,12-,13?/m0/s1. The van der Waals surface area contributed by atoms with E-state index >= 15 is 0 Å². The molecule has 0 radical (unpaired) electrons. The Balaban J connectivity index is 1.23. The number of hydrogen-bond donors (Lipinski definition) is 0. The van der Waals surface area contributed by atoms with E-state index < -0.39 is 0 Å². The van der Waals surface area contributed by atoms with Crippen molar-refractivity contribution in [2.45, 2.75) is 62.9 Å². The number of carbonyl (C=O) groups is 1. The summed E-state index contributed by atoms with van der Waals surface area (Å²) in [6, 6.07) is 0. The van der Waals surface area contributed by atoms with Crippen LogP contribution in [0.1, 0.15) is 38.5 Å². The molecular weight excluding hydrogens is 232 g/mol. The van der Waals surface area contributed by atoms with Crippen molar-refractivity contribution in [3.63, 3.8) is 0 Å². The van der Waals surface area contributed by atoms with Crippen LogP contribution >= 0.6 is 0 Å². The van der Waals surface area contributed by atoms with Gasteiger partial charge in [-0.15, -0.1) is 0 Å². The summed E-state index contributed by atoms with van der Waals surface area (Å²) in [7, 11) is 0. The zero-order valence-electron chi connectivity index (χ0n) is 10.5. The van der Waals surface area contributed by atoms with E-state index in [0.29, 0.717) is 36.9 Å². The third-order valence-electron chi connectivity index (χ3n) is 4.91. The van der Waals surface area contributed by atoms with Crippen LogP contribution in [0.4, 0.5) is 0 Å². The highest BCUT2D eigenvalue weighted by molar-refractivity contribution is 5.72. The lowest BCUT2D eigenvalue weighted by Crippen LogP contribution is -2.27. The number of rotatable bonds is 3. The van der Waals surface area contributed by atoms with Gasteiger partial charge in [-0.2, -0.15) is 0 Å². The molecule has 2 saturated carbocycles. The predicted octanol–water partition coefficient (Wildman–Crippen LogP) is 1.66. The summed E-state index contributed by atoms with van der Waals surface area (Å²) in [4.78, 5) is 12.0. The normalized spacial score (nSPS) is 48.9. The molecule has 0 spiro atoms. The highest BCUT2D eigenvalue weighted by atomic mass is 16.6. The van der Waals surface area contributed by atoms with Crippen molar-refractivity contribution in [1.82, 2.24) is 0 Å². The average Bonchev–Trinajstić information content (AvgIpc) is 3.26. The smallest absolute Gasteiger partial charge is 0.309 e. The first-order chi connectivity index (χ1) is 8.79. The minimum Gasteiger partial charge on any atom is -0.465 e. The van der Waals surface area contributed by atoms with E-state index in [1.165, 1.54) is 0 Å². The fourth-order valence-corrected chi connectivity index (χ4v) is 3.57. The Kier molecular flexibility index (Phi) is 2.62. The number of fused-ring (bicyclic) bond motifs is 2. The second-order valence-corrected chi connectivity index (χ2v) is 6.25. The summed E-state index contributed by atoms with van der Waals surface area (Å²) in [6.07, 6.45) is 8.03. The van der Waals surface area contributed by atoms with Gasteiger partial charge in [-0.1, -0.05) is 0 Å². The van der Waals surface area contributed by atoms with Crippen molar-refractivity contribution >= 4 is 5.97 Å². The first-order valence-corrected chi connectivity index (χ1v) is 7.27. The van der Waals surface area contributed by atoms with Gasteiger partial charge in [0.15, 0.2) is 0 Å². The van der Waals surface area contributed by atoms with Crippen LogP contribution in [-0.2, 0) is 19.0 Å². The second kappa shape index (κ2) is 4.20. The largest absolute Gasteiger partial charge is 0.465 e. The molecule has 100 valence electrons. The Bertz CT molecular complexity index is 356. The van der Waals surface area contributed by atoms with E-state index in [9.17, 15) is 4.79 Å².